The van der Waals surface area contributed by atoms with Crippen molar-refractivity contribution in [3.8, 4) is 0 Å². The van der Waals surface area contributed by atoms with Crippen molar-refractivity contribution in [1.82, 2.24) is 24.6 Å². The number of aromatic nitrogens is 4. The van der Waals surface area contributed by atoms with E-state index in [-0.39, 0.29) is 0 Å². The van der Waals surface area contributed by atoms with Crippen molar-refractivity contribution >= 4 is 21.6 Å². The Morgan fingerprint density at radius 3 is 3.04 bits per heavy atom. The average Bonchev–Trinajstić information content (AvgIpc) is 3.14. The van der Waals surface area contributed by atoms with Crippen LogP contribution < -0.4 is 0 Å². The highest BCUT2D eigenvalue weighted by atomic mass is 32.1. The second-order valence-electron chi connectivity index (χ2n) is 6.14. The summed E-state index contributed by atoms with van der Waals surface area (Å²) in [5.74, 6) is 2.59. The zero-order chi connectivity index (χ0) is 15.2. The Balaban J connectivity index is 1.27. The third-order valence-electron chi connectivity index (χ3n) is 4.57. The minimum atomic E-state index is 0.490. The molecule has 2 aromatic heterocycles. The predicted octanol–water partition coefficient (Wildman–Crippen LogP) is 2.02. The molecule has 0 spiro atoms. The van der Waals surface area contributed by atoms with Crippen LogP contribution >= 0.6 is 11.3 Å². The lowest BCUT2D eigenvalue weighted by Crippen LogP contribution is -2.45. The molecule has 3 aromatic rings. The number of rotatable bonds is 3. The van der Waals surface area contributed by atoms with Crippen molar-refractivity contribution in [2.45, 2.75) is 25.6 Å². The van der Waals surface area contributed by atoms with Gasteiger partial charge in [0.15, 0.2) is 5.82 Å². The molecule has 7 heteroatoms. The summed E-state index contributed by atoms with van der Waals surface area (Å²) < 4.78 is 8.94. The zero-order valence-electron chi connectivity index (χ0n) is 12.7. The van der Waals surface area contributed by atoms with Gasteiger partial charge in [0.1, 0.15) is 17.4 Å². The van der Waals surface area contributed by atoms with Crippen LogP contribution in [-0.4, -0.2) is 44.3 Å². The summed E-state index contributed by atoms with van der Waals surface area (Å²) in [6, 6.07) is 8.34. The van der Waals surface area contributed by atoms with Gasteiger partial charge in [-0.1, -0.05) is 12.1 Å². The van der Waals surface area contributed by atoms with Gasteiger partial charge >= 0.3 is 0 Å². The number of hydrogen-bond donors (Lipinski definition) is 0. The van der Waals surface area contributed by atoms with Gasteiger partial charge in [0, 0.05) is 25.6 Å². The first-order valence-electron chi connectivity index (χ1n) is 7.93. The van der Waals surface area contributed by atoms with E-state index in [0.717, 1.165) is 50.0 Å². The molecule has 2 aliphatic rings. The van der Waals surface area contributed by atoms with Crippen LogP contribution in [0.1, 0.15) is 22.6 Å². The van der Waals surface area contributed by atoms with Crippen molar-refractivity contribution in [3.05, 3.63) is 40.9 Å². The van der Waals surface area contributed by atoms with Gasteiger partial charge in [-0.3, -0.25) is 4.90 Å². The summed E-state index contributed by atoms with van der Waals surface area (Å²) >= 11 is 1.79. The molecule has 0 N–H and O–H groups in total. The lowest BCUT2D eigenvalue weighted by atomic mass is 9.99. The van der Waals surface area contributed by atoms with Gasteiger partial charge in [-0.25, -0.2) is 4.98 Å². The second kappa shape index (κ2) is 5.36. The fraction of sp³-hybridized carbons (Fsp3) is 0.438. The van der Waals surface area contributed by atoms with Crippen LogP contribution in [0, 0.1) is 0 Å². The van der Waals surface area contributed by atoms with Gasteiger partial charge in [0.05, 0.1) is 23.4 Å². The number of likely N-dealkylation sites (tertiary alicyclic amines) is 1. The molecule has 118 valence electrons. The lowest BCUT2D eigenvalue weighted by molar-refractivity contribution is 0.0763. The number of nitrogens with zero attached hydrogens (tertiary/aromatic N) is 5. The molecular formula is C16H17N5OS. The monoisotopic (exact) mass is 327 g/mol. The van der Waals surface area contributed by atoms with E-state index in [9.17, 15) is 0 Å². The van der Waals surface area contributed by atoms with Gasteiger partial charge in [-0.15, -0.1) is 21.5 Å². The van der Waals surface area contributed by atoms with Gasteiger partial charge in [0.2, 0.25) is 0 Å². The van der Waals surface area contributed by atoms with E-state index in [1.54, 1.807) is 11.3 Å². The van der Waals surface area contributed by atoms with Crippen LogP contribution in [0.4, 0.5) is 0 Å². The number of para-hydroxylation sites is 1. The first-order chi connectivity index (χ1) is 11.4. The molecule has 23 heavy (non-hydrogen) atoms. The molecule has 1 saturated heterocycles. The molecule has 0 amide bonds. The molecule has 4 heterocycles. The number of fused-ring (bicyclic) bond motifs is 2. The molecule has 0 unspecified atom stereocenters. The SMILES string of the molecule is c1ccc2sc(CN3CC(c4nnc5n4CCOC5)C3)nc2c1. The highest BCUT2D eigenvalue weighted by Gasteiger charge is 2.33. The summed E-state index contributed by atoms with van der Waals surface area (Å²) in [5.41, 5.74) is 1.11. The smallest absolute Gasteiger partial charge is 0.159 e. The van der Waals surface area contributed by atoms with E-state index < -0.39 is 0 Å². The molecule has 0 atom stereocenters. The Morgan fingerprint density at radius 2 is 2.13 bits per heavy atom. The second-order valence-corrected chi connectivity index (χ2v) is 7.26. The molecule has 0 bridgehead atoms. The van der Waals surface area contributed by atoms with Crippen LogP contribution in [0.2, 0.25) is 0 Å². The molecule has 6 nitrogen and oxygen atoms in total. The van der Waals surface area contributed by atoms with Crippen molar-refractivity contribution in [3.63, 3.8) is 0 Å². The Labute approximate surface area is 137 Å². The summed E-state index contributed by atoms with van der Waals surface area (Å²) in [5, 5.41) is 9.84. The third kappa shape index (κ3) is 2.36. The first kappa shape index (κ1) is 13.6. The van der Waals surface area contributed by atoms with Crippen LogP contribution in [0.15, 0.2) is 24.3 Å². The van der Waals surface area contributed by atoms with Crippen molar-refractivity contribution in [2.24, 2.45) is 0 Å². The Morgan fingerprint density at radius 1 is 1.22 bits per heavy atom. The lowest BCUT2D eigenvalue weighted by Gasteiger charge is -2.38. The summed E-state index contributed by atoms with van der Waals surface area (Å²) in [7, 11) is 0. The Hall–Kier alpha value is -1.83. The fourth-order valence-corrected chi connectivity index (χ4v) is 4.37. The minimum Gasteiger partial charge on any atom is -0.372 e. The minimum absolute atomic E-state index is 0.490. The van der Waals surface area contributed by atoms with Crippen LogP contribution in [0.25, 0.3) is 10.2 Å². The summed E-state index contributed by atoms with van der Waals surface area (Å²) in [6.07, 6.45) is 0. The molecule has 0 saturated carbocycles. The normalized spacial score (nSPS) is 19.0. The van der Waals surface area contributed by atoms with Crippen molar-refractivity contribution < 1.29 is 4.74 Å². The van der Waals surface area contributed by atoms with Gasteiger partial charge in [-0.05, 0) is 12.1 Å². The van der Waals surface area contributed by atoms with E-state index >= 15 is 0 Å². The van der Waals surface area contributed by atoms with Gasteiger partial charge in [-0.2, -0.15) is 0 Å². The fourth-order valence-electron chi connectivity index (χ4n) is 3.36. The maximum Gasteiger partial charge on any atom is 0.159 e. The number of hydrogen-bond acceptors (Lipinski definition) is 6. The quantitative estimate of drug-likeness (QED) is 0.737. The van der Waals surface area contributed by atoms with Gasteiger partial charge < -0.3 is 9.30 Å². The zero-order valence-corrected chi connectivity index (χ0v) is 13.5. The van der Waals surface area contributed by atoms with E-state index in [1.165, 1.54) is 9.71 Å². The molecule has 0 radical (unpaired) electrons. The highest BCUT2D eigenvalue weighted by Crippen LogP contribution is 2.30. The van der Waals surface area contributed by atoms with E-state index in [0.29, 0.717) is 12.5 Å². The van der Waals surface area contributed by atoms with Crippen LogP contribution in [-0.2, 0) is 24.4 Å². The Kier molecular flexibility index (Phi) is 3.17. The van der Waals surface area contributed by atoms with Crippen LogP contribution in [0.5, 0.6) is 0 Å². The molecule has 5 rings (SSSR count). The number of thiazole rings is 1. The maximum absolute atomic E-state index is 5.43. The molecule has 2 aliphatic heterocycles. The van der Waals surface area contributed by atoms with E-state index in [1.807, 2.05) is 6.07 Å². The molecule has 0 aliphatic carbocycles. The largest absolute Gasteiger partial charge is 0.372 e. The van der Waals surface area contributed by atoms with Crippen LogP contribution in [0.3, 0.4) is 0 Å². The predicted molar refractivity (Wildman–Crippen MR) is 87.3 cm³/mol. The van der Waals surface area contributed by atoms with E-state index in [4.69, 9.17) is 9.72 Å². The first-order valence-corrected chi connectivity index (χ1v) is 8.75. The summed E-state index contributed by atoms with van der Waals surface area (Å²) in [6.45, 7) is 5.24. The number of benzene rings is 1. The van der Waals surface area contributed by atoms with Gasteiger partial charge in [0.25, 0.3) is 0 Å². The standard InChI is InChI=1S/C16H17N5OS/c1-2-4-13-12(3-1)17-15(23-13)9-20-7-11(8-20)16-19-18-14-10-22-6-5-21(14)16/h1-4,11H,5-10H2. The molecular weight excluding hydrogens is 310 g/mol. The maximum atomic E-state index is 5.43. The number of ether oxygens (including phenoxy) is 1. The highest BCUT2D eigenvalue weighted by molar-refractivity contribution is 7.18. The molecule has 1 fully saturated rings. The topological polar surface area (TPSA) is 56.1 Å². The van der Waals surface area contributed by atoms with Crippen molar-refractivity contribution in [1.29, 1.82) is 0 Å². The summed E-state index contributed by atoms with van der Waals surface area (Å²) in [4.78, 5) is 7.15. The average molecular weight is 327 g/mol. The third-order valence-corrected chi connectivity index (χ3v) is 5.59. The Bertz CT molecular complexity index is 818. The molecule has 1 aromatic carbocycles. The van der Waals surface area contributed by atoms with E-state index in [2.05, 4.69) is 37.9 Å². The van der Waals surface area contributed by atoms with Crippen molar-refractivity contribution in [2.75, 3.05) is 19.7 Å².